The first kappa shape index (κ1) is 21.4. The van der Waals surface area contributed by atoms with Crippen LogP contribution in [0, 0.1) is 5.92 Å². The molecule has 0 bridgehead atoms. The van der Waals surface area contributed by atoms with Crippen LogP contribution in [0.4, 0.5) is 5.69 Å². The topological polar surface area (TPSA) is 61.4 Å². The zero-order valence-electron chi connectivity index (χ0n) is 15.6. The maximum Gasteiger partial charge on any atom is 0.244 e. The molecule has 0 spiro atoms. The molecule has 0 heterocycles. The van der Waals surface area contributed by atoms with Crippen molar-refractivity contribution in [1.29, 1.82) is 0 Å². The number of halogens is 1. The predicted molar refractivity (Wildman–Crippen MR) is 112 cm³/mol. The Labute approximate surface area is 167 Å². The van der Waals surface area contributed by atoms with Crippen LogP contribution < -0.4 is 10.6 Å². The van der Waals surface area contributed by atoms with Gasteiger partial charge in [-0.1, -0.05) is 45.2 Å². The highest BCUT2D eigenvalue weighted by Crippen LogP contribution is 2.28. The van der Waals surface area contributed by atoms with Crippen molar-refractivity contribution in [3.63, 3.8) is 0 Å². The van der Waals surface area contributed by atoms with Crippen LogP contribution in [-0.4, -0.2) is 37.0 Å². The quantitative estimate of drug-likeness (QED) is 0.678. The minimum Gasteiger partial charge on any atom is -0.359 e. The highest BCUT2D eigenvalue weighted by Gasteiger charge is 2.25. The molecule has 0 amide bonds. The van der Waals surface area contributed by atoms with Gasteiger partial charge in [-0.25, -0.2) is 8.42 Å². The number of nitrogens with zero attached hydrogens (tertiary/aromatic N) is 1. The van der Waals surface area contributed by atoms with E-state index >= 15 is 0 Å². The minimum absolute atomic E-state index is 0.0988. The lowest BCUT2D eigenvalue weighted by Crippen LogP contribution is -2.43. The van der Waals surface area contributed by atoms with Crippen molar-refractivity contribution < 1.29 is 8.42 Å². The number of hydrogen-bond acceptors (Lipinski definition) is 3. The monoisotopic (exact) mass is 417 g/mol. The standard InChI is InChI=1S/C18H28ClN3O2S2/c1-4-22(5-2)26(23,24)17-12-14(10-11-15(17)19)20-18(25)21-16-9-7-6-8-13(16)3/h10-13,16H,4-9H2,1-3H3,(H2,20,21,25)/t13-,16-/m1/s1. The first-order valence-corrected chi connectivity index (χ1v) is 11.4. The fourth-order valence-corrected chi connectivity index (χ4v) is 5.58. The lowest BCUT2D eigenvalue weighted by Gasteiger charge is -2.30. The molecule has 1 saturated carbocycles. The van der Waals surface area contributed by atoms with Crippen molar-refractivity contribution >= 4 is 44.6 Å². The Bertz CT molecular complexity index is 736. The van der Waals surface area contributed by atoms with E-state index in [1.54, 1.807) is 32.0 Å². The Hall–Kier alpha value is -0.890. The summed E-state index contributed by atoms with van der Waals surface area (Å²) >= 11 is 11.6. The summed E-state index contributed by atoms with van der Waals surface area (Å²) in [6, 6.07) is 5.23. The molecular formula is C18H28ClN3O2S2. The summed E-state index contributed by atoms with van der Waals surface area (Å²) < 4.78 is 26.9. The third kappa shape index (κ3) is 5.09. The third-order valence-corrected chi connectivity index (χ3v) is 7.69. The van der Waals surface area contributed by atoms with Crippen LogP contribution in [-0.2, 0) is 10.0 Å². The molecule has 1 aliphatic carbocycles. The summed E-state index contributed by atoms with van der Waals surface area (Å²) in [4.78, 5) is 0.0988. The van der Waals surface area contributed by atoms with Gasteiger partial charge in [0.1, 0.15) is 4.90 Å². The van der Waals surface area contributed by atoms with Gasteiger partial charge in [0.2, 0.25) is 10.0 Å². The highest BCUT2D eigenvalue weighted by atomic mass is 35.5. The Morgan fingerprint density at radius 3 is 2.54 bits per heavy atom. The number of nitrogens with one attached hydrogen (secondary N) is 2. The minimum atomic E-state index is -3.63. The first-order valence-electron chi connectivity index (χ1n) is 9.16. The molecule has 2 atom stereocenters. The van der Waals surface area contributed by atoms with Crippen LogP contribution in [0.25, 0.3) is 0 Å². The largest absolute Gasteiger partial charge is 0.359 e. The van der Waals surface area contributed by atoms with Gasteiger partial charge >= 0.3 is 0 Å². The molecule has 1 aromatic carbocycles. The van der Waals surface area contributed by atoms with Gasteiger partial charge in [-0.15, -0.1) is 0 Å². The van der Waals surface area contributed by atoms with E-state index in [-0.39, 0.29) is 9.92 Å². The number of benzene rings is 1. The normalized spacial score (nSPS) is 20.8. The SMILES string of the molecule is CCN(CC)S(=O)(=O)c1cc(NC(=S)N[C@@H]2CCCC[C@H]2C)ccc1Cl. The highest BCUT2D eigenvalue weighted by molar-refractivity contribution is 7.89. The van der Waals surface area contributed by atoms with E-state index in [9.17, 15) is 8.42 Å². The smallest absolute Gasteiger partial charge is 0.244 e. The number of hydrogen-bond donors (Lipinski definition) is 2. The zero-order valence-corrected chi connectivity index (χ0v) is 18.0. The second-order valence-electron chi connectivity index (χ2n) is 6.70. The molecular weight excluding hydrogens is 390 g/mol. The van der Waals surface area contributed by atoms with Crippen molar-refractivity contribution in [1.82, 2.24) is 9.62 Å². The van der Waals surface area contributed by atoms with Gasteiger partial charge in [-0.2, -0.15) is 4.31 Å². The third-order valence-electron chi connectivity index (χ3n) is 4.94. The molecule has 0 aromatic heterocycles. The van der Waals surface area contributed by atoms with Gasteiger partial charge in [0.05, 0.1) is 5.02 Å². The lowest BCUT2D eigenvalue weighted by molar-refractivity contribution is 0.309. The van der Waals surface area contributed by atoms with Crippen molar-refractivity contribution in [2.24, 2.45) is 5.92 Å². The van der Waals surface area contributed by atoms with E-state index < -0.39 is 10.0 Å². The maximum atomic E-state index is 12.8. The first-order chi connectivity index (χ1) is 12.3. The van der Waals surface area contributed by atoms with Crippen molar-refractivity contribution in [3.8, 4) is 0 Å². The average molecular weight is 418 g/mol. The molecule has 0 aliphatic heterocycles. The van der Waals surface area contributed by atoms with Gasteiger partial charge < -0.3 is 10.6 Å². The second kappa shape index (κ2) is 9.35. The van der Waals surface area contributed by atoms with Gasteiger partial charge in [-0.3, -0.25) is 0 Å². The predicted octanol–water partition coefficient (Wildman–Crippen LogP) is 4.24. The Kier molecular flexibility index (Phi) is 7.70. The van der Waals surface area contributed by atoms with Gasteiger partial charge in [0.15, 0.2) is 5.11 Å². The van der Waals surface area contributed by atoms with Crippen molar-refractivity contribution in [3.05, 3.63) is 23.2 Å². The lowest BCUT2D eigenvalue weighted by atomic mass is 9.86. The molecule has 0 unspecified atom stereocenters. The molecule has 0 radical (unpaired) electrons. The van der Waals surface area contributed by atoms with Gasteiger partial charge in [0.25, 0.3) is 0 Å². The number of anilines is 1. The molecule has 8 heteroatoms. The Balaban J connectivity index is 2.15. The molecule has 1 aromatic rings. The van der Waals surface area contributed by atoms with Crippen LogP contribution in [0.5, 0.6) is 0 Å². The number of rotatable bonds is 6. The van der Waals surface area contributed by atoms with Gasteiger partial charge in [-0.05, 0) is 49.2 Å². The van der Waals surface area contributed by atoms with E-state index in [1.807, 2.05) is 0 Å². The fraction of sp³-hybridized carbons (Fsp3) is 0.611. The van der Waals surface area contributed by atoms with E-state index in [1.165, 1.54) is 23.6 Å². The average Bonchev–Trinajstić information content (AvgIpc) is 2.59. The van der Waals surface area contributed by atoms with Crippen LogP contribution in [0.1, 0.15) is 46.5 Å². The number of sulfonamides is 1. The Morgan fingerprint density at radius 1 is 1.27 bits per heavy atom. The number of thiocarbonyl (C=S) groups is 1. The fourth-order valence-electron chi connectivity index (χ4n) is 3.35. The van der Waals surface area contributed by atoms with Crippen molar-refractivity contribution in [2.75, 3.05) is 18.4 Å². The van der Waals surface area contributed by atoms with E-state index in [0.717, 1.165) is 6.42 Å². The summed E-state index contributed by atoms with van der Waals surface area (Å²) in [6.45, 7) is 6.64. The van der Waals surface area contributed by atoms with Crippen molar-refractivity contribution in [2.45, 2.75) is 57.4 Å². The maximum absolute atomic E-state index is 12.8. The molecule has 1 fully saturated rings. The molecule has 1 aliphatic rings. The van der Waals surface area contributed by atoms with Crippen LogP contribution in [0.3, 0.4) is 0 Å². The molecule has 0 saturated heterocycles. The summed E-state index contributed by atoms with van der Waals surface area (Å²) in [5.74, 6) is 0.576. The molecule has 146 valence electrons. The molecule has 5 nitrogen and oxygen atoms in total. The molecule has 2 rings (SSSR count). The summed E-state index contributed by atoms with van der Waals surface area (Å²) in [5.41, 5.74) is 0.612. The molecule has 2 N–H and O–H groups in total. The molecule has 26 heavy (non-hydrogen) atoms. The van der Waals surface area contributed by atoms with Crippen LogP contribution in [0.15, 0.2) is 23.1 Å². The van der Waals surface area contributed by atoms with Crippen LogP contribution in [0.2, 0.25) is 5.02 Å². The van der Waals surface area contributed by atoms with E-state index in [2.05, 4.69) is 17.6 Å². The second-order valence-corrected chi connectivity index (χ2v) is 9.42. The van der Waals surface area contributed by atoms with Gasteiger partial charge in [0, 0.05) is 24.8 Å². The summed E-state index contributed by atoms with van der Waals surface area (Å²) in [6.07, 6.45) is 4.78. The van der Waals surface area contributed by atoms with E-state index in [0.29, 0.717) is 35.8 Å². The summed E-state index contributed by atoms with van der Waals surface area (Å²) in [5, 5.41) is 7.19. The van der Waals surface area contributed by atoms with E-state index in [4.69, 9.17) is 23.8 Å². The van der Waals surface area contributed by atoms with Crippen LogP contribution >= 0.6 is 23.8 Å². The Morgan fingerprint density at radius 2 is 1.92 bits per heavy atom. The summed E-state index contributed by atoms with van der Waals surface area (Å²) in [7, 11) is -3.63. The zero-order chi connectivity index (χ0) is 19.3.